The summed E-state index contributed by atoms with van der Waals surface area (Å²) < 4.78 is 5.47. The zero-order valence-electron chi connectivity index (χ0n) is 26.0. The van der Waals surface area contributed by atoms with Gasteiger partial charge in [-0.2, -0.15) is 0 Å². The number of amides is 2. The molecule has 0 aromatic carbocycles. The van der Waals surface area contributed by atoms with Gasteiger partial charge in [0.1, 0.15) is 18.0 Å². The van der Waals surface area contributed by atoms with Crippen LogP contribution in [0, 0.1) is 17.3 Å². The molecular formula is C30H50N8O4. The summed E-state index contributed by atoms with van der Waals surface area (Å²) in [4.78, 5) is 43.1. The van der Waals surface area contributed by atoms with E-state index >= 15 is 0 Å². The zero-order chi connectivity index (χ0) is 29.8. The molecule has 12 heteroatoms. The molecule has 234 valence electrons. The summed E-state index contributed by atoms with van der Waals surface area (Å²) in [7, 11) is 3.89. The van der Waals surface area contributed by atoms with Gasteiger partial charge >= 0.3 is 6.09 Å². The second kappa shape index (κ2) is 11.2. The summed E-state index contributed by atoms with van der Waals surface area (Å²) in [6.07, 6.45) is 8.42. The molecule has 6 atom stereocenters. The largest absolute Gasteiger partial charge is 0.444 e. The maximum atomic E-state index is 13.2. The SMILES string of the molecule is CN(C)[C@H](O)C1CC2CN=C(NC3CCC(C(=O)N4CC5(CN(C(=O)OC(C)(C)C)C5)C4)C=N3)NC2N1C1CCCC1. The molecule has 5 aliphatic heterocycles. The summed E-state index contributed by atoms with van der Waals surface area (Å²) in [5.41, 5.74) is -0.471. The molecule has 42 heavy (non-hydrogen) atoms. The standard InChI is InChI=1S/C30H50N8O4/c1-29(2,3)42-28(41)37-17-30(18-37)15-36(16-30)25(39)19-10-11-23(31-13-19)33-27-32-14-20-12-22(26(40)35(4)5)38(24(20)34-27)21-8-6-7-9-21/h13,19-24,26,40H,6-12,14-18H2,1-5H3,(H2,32,33,34)/t19?,20?,22?,23?,24?,26-/m1/s1. The first-order valence-electron chi connectivity index (χ1n) is 15.9. The van der Waals surface area contributed by atoms with Crippen LogP contribution in [-0.4, -0.2) is 132 Å². The smallest absolute Gasteiger partial charge is 0.410 e. The highest BCUT2D eigenvalue weighted by Gasteiger charge is 2.56. The lowest BCUT2D eigenvalue weighted by molar-refractivity contribution is -0.159. The Labute approximate surface area is 249 Å². The number of carbonyl (C=O) groups excluding carboxylic acids is 2. The van der Waals surface area contributed by atoms with Crippen molar-refractivity contribution in [1.82, 2.24) is 30.2 Å². The Morgan fingerprint density at radius 2 is 1.81 bits per heavy atom. The molecule has 0 bridgehead atoms. The Balaban J connectivity index is 0.982. The summed E-state index contributed by atoms with van der Waals surface area (Å²) in [6, 6.07) is 0.590. The average Bonchev–Trinajstić information content (AvgIpc) is 3.53. The minimum absolute atomic E-state index is 0.0271. The van der Waals surface area contributed by atoms with Crippen LogP contribution in [0.1, 0.15) is 65.7 Å². The van der Waals surface area contributed by atoms with Crippen molar-refractivity contribution in [3.8, 4) is 0 Å². The molecule has 12 nitrogen and oxygen atoms in total. The molecule has 0 aromatic rings. The Morgan fingerprint density at radius 1 is 1.12 bits per heavy atom. The van der Waals surface area contributed by atoms with Gasteiger partial charge in [0.2, 0.25) is 5.91 Å². The van der Waals surface area contributed by atoms with E-state index in [1.807, 2.05) is 50.9 Å². The molecule has 2 amide bonds. The van der Waals surface area contributed by atoms with Gasteiger partial charge in [0, 0.05) is 56.3 Å². The molecule has 1 aliphatic carbocycles. The first-order valence-corrected chi connectivity index (χ1v) is 15.9. The molecule has 1 saturated carbocycles. The van der Waals surface area contributed by atoms with Crippen molar-refractivity contribution in [2.24, 2.45) is 27.2 Å². The van der Waals surface area contributed by atoms with E-state index in [-0.39, 0.29) is 41.7 Å². The van der Waals surface area contributed by atoms with Crippen LogP contribution in [-0.2, 0) is 9.53 Å². The van der Waals surface area contributed by atoms with Gasteiger partial charge in [0.05, 0.1) is 18.1 Å². The maximum Gasteiger partial charge on any atom is 0.410 e. The molecular weight excluding hydrogens is 536 g/mol. The van der Waals surface area contributed by atoms with Gasteiger partial charge in [0.15, 0.2) is 5.96 Å². The molecule has 1 spiro atoms. The van der Waals surface area contributed by atoms with Crippen molar-refractivity contribution in [1.29, 1.82) is 0 Å². The third kappa shape index (κ3) is 5.86. The van der Waals surface area contributed by atoms with E-state index in [2.05, 4.69) is 15.5 Å². The fourth-order valence-electron chi connectivity index (χ4n) is 7.90. The lowest BCUT2D eigenvalue weighted by Gasteiger charge is -2.60. The topological polar surface area (TPSA) is 125 Å². The van der Waals surface area contributed by atoms with Crippen molar-refractivity contribution in [3.63, 3.8) is 0 Å². The Morgan fingerprint density at radius 3 is 2.43 bits per heavy atom. The summed E-state index contributed by atoms with van der Waals surface area (Å²) in [6.45, 7) is 9.05. The number of likely N-dealkylation sites (tertiary alicyclic amines) is 3. The second-order valence-electron chi connectivity index (χ2n) is 14.8. The predicted molar refractivity (Wildman–Crippen MR) is 160 cm³/mol. The third-order valence-electron chi connectivity index (χ3n) is 9.97. The number of carbonyl (C=O) groups is 2. The van der Waals surface area contributed by atoms with Crippen molar-refractivity contribution in [2.45, 2.75) is 102 Å². The quantitative estimate of drug-likeness (QED) is 0.412. The lowest BCUT2D eigenvalue weighted by atomic mass is 9.72. The number of hydrogen-bond donors (Lipinski definition) is 3. The zero-order valence-corrected chi connectivity index (χ0v) is 26.0. The van der Waals surface area contributed by atoms with E-state index in [9.17, 15) is 14.7 Å². The van der Waals surface area contributed by atoms with Crippen LogP contribution in [0.4, 0.5) is 4.79 Å². The van der Waals surface area contributed by atoms with Crippen LogP contribution in [0.5, 0.6) is 0 Å². The summed E-state index contributed by atoms with van der Waals surface area (Å²) in [5.74, 6) is 1.09. The van der Waals surface area contributed by atoms with Crippen molar-refractivity contribution >= 4 is 24.2 Å². The van der Waals surface area contributed by atoms with E-state index in [4.69, 9.17) is 14.7 Å². The first kappa shape index (κ1) is 29.6. The number of fused-ring (bicyclic) bond motifs is 1. The Bertz CT molecular complexity index is 1090. The number of guanidine groups is 1. The normalized spacial score (nSPS) is 33.5. The summed E-state index contributed by atoms with van der Waals surface area (Å²) in [5, 5.41) is 18.2. The fourth-order valence-corrected chi connectivity index (χ4v) is 7.90. The number of hydrogen-bond acceptors (Lipinski definition) is 10. The fraction of sp³-hybridized carbons (Fsp3) is 0.867. The number of ether oxygens (including phenoxy) is 1. The molecule has 3 N–H and O–H groups in total. The molecule has 6 rings (SSSR count). The number of aliphatic hydroxyl groups excluding tert-OH is 1. The van der Waals surface area contributed by atoms with Gasteiger partial charge in [-0.3, -0.25) is 24.6 Å². The van der Waals surface area contributed by atoms with Crippen molar-refractivity contribution in [3.05, 3.63) is 0 Å². The number of aliphatic hydroxyl groups is 1. The van der Waals surface area contributed by atoms with E-state index < -0.39 is 11.8 Å². The number of nitrogens with one attached hydrogen (secondary N) is 2. The van der Waals surface area contributed by atoms with Crippen molar-refractivity contribution < 1.29 is 19.4 Å². The monoisotopic (exact) mass is 586 g/mol. The van der Waals surface area contributed by atoms with Gasteiger partial charge in [-0.15, -0.1) is 0 Å². The number of aliphatic imine (C=N–C) groups is 2. The Hall–Kier alpha value is -2.44. The van der Waals surface area contributed by atoms with Crippen LogP contribution in [0.25, 0.3) is 0 Å². The highest BCUT2D eigenvalue weighted by atomic mass is 16.6. The van der Waals surface area contributed by atoms with Crippen molar-refractivity contribution in [2.75, 3.05) is 46.8 Å². The van der Waals surface area contributed by atoms with Gasteiger partial charge in [-0.1, -0.05) is 12.8 Å². The number of likely N-dealkylation sites (N-methyl/N-ethyl adjacent to an activating group) is 1. The van der Waals surface area contributed by atoms with Gasteiger partial charge < -0.3 is 30.3 Å². The molecule has 6 aliphatic rings. The lowest BCUT2D eigenvalue weighted by Crippen LogP contribution is -2.74. The van der Waals surface area contributed by atoms with Crippen LogP contribution in [0.3, 0.4) is 0 Å². The average molecular weight is 587 g/mol. The molecule has 0 aromatic heterocycles. The summed E-state index contributed by atoms with van der Waals surface area (Å²) >= 11 is 0. The highest BCUT2D eigenvalue weighted by molar-refractivity contribution is 5.94. The van der Waals surface area contributed by atoms with Crippen LogP contribution >= 0.6 is 0 Å². The maximum absolute atomic E-state index is 13.2. The van der Waals surface area contributed by atoms with E-state index in [0.717, 1.165) is 31.8 Å². The van der Waals surface area contributed by atoms with Gasteiger partial charge in [0.25, 0.3) is 0 Å². The number of rotatable bonds is 5. The Kier molecular flexibility index (Phi) is 7.93. The second-order valence-corrected chi connectivity index (χ2v) is 14.8. The molecule has 3 saturated heterocycles. The third-order valence-corrected chi connectivity index (χ3v) is 9.97. The van der Waals surface area contributed by atoms with Crippen LogP contribution < -0.4 is 10.6 Å². The minimum Gasteiger partial charge on any atom is -0.444 e. The van der Waals surface area contributed by atoms with Gasteiger partial charge in [-0.05, 0) is 67.0 Å². The highest BCUT2D eigenvalue weighted by Crippen LogP contribution is 2.41. The molecule has 4 fully saturated rings. The van der Waals surface area contributed by atoms with E-state index in [1.54, 1.807) is 4.90 Å². The van der Waals surface area contributed by atoms with Gasteiger partial charge in [-0.25, -0.2) is 4.79 Å². The molecule has 5 unspecified atom stereocenters. The van der Waals surface area contributed by atoms with E-state index in [0.29, 0.717) is 38.1 Å². The minimum atomic E-state index is -0.499. The van der Waals surface area contributed by atoms with E-state index in [1.165, 1.54) is 25.7 Å². The molecule has 5 heterocycles. The van der Waals surface area contributed by atoms with Crippen LogP contribution in [0.15, 0.2) is 9.98 Å². The predicted octanol–water partition coefficient (Wildman–Crippen LogP) is 1.26. The molecule has 0 radical (unpaired) electrons. The number of nitrogens with zero attached hydrogens (tertiary/aromatic N) is 6. The van der Waals surface area contributed by atoms with Crippen LogP contribution in [0.2, 0.25) is 0 Å². The first-order chi connectivity index (χ1) is 19.9.